The molecule has 0 aromatic carbocycles. The molecule has 10 heavy (non-hydrogen) atoms. The Hall–Kier alpha value is -0.740. The van der Waals surface area contributed by atoms with Gasteiger partial charge in [-0.2, -0.15) is 5.10 Å². The van der Waals surface area contributed by atoms with E-state index in [0.717, 1.165) is 5.69 Å². The van der Waals surface area contributed by atoms with Crippen LogP contribution in [0.25, 0.3) is 0 Å². The van der Waals surface area contributed by atoms with E-state index >= 15 is 0 Å². The van der Waals surface area contributed by atoms with E-state index in [0.29, 0.717) is 12.4 Å². The van der Waals surface area contributed by atoms with Gasteiger partial charge < -0.3 is 5.43 Å². The fraction of sp³-hybridized carbons (Fsp3) is 0.400. The van der Waals surface area contributed by atoms with Crippen LogP contribution in [0, 0.1) is 0 Å². The summed E-state index contributed by atoms with van der Waals surface area (Å²) in [7, 11) is 0. The first-order chi connectivity index (χ1) is 4.86. The Balaban J connectivity index is 2.59. The minimum absolute atomic E-state index is 0.561. The molecule has 0 bridgehead atoms. The average Bonchev–Trinajstić information content (AvgIpc) is 2.37. The summed E-state index contributed by atoms with van der Waals surface area (Å²) >= 11 is 5.48. The molecule has 0 unspecified atom stereocenters. The molecule has 0 radical (unpaired) electrons. The number of nitrogen functional groups attached to an aromatic ring is 1. The van der Waals surface area contributed by atoms with Crippen LogP contribution in [-0.4, -0.2) is 15.7 Å². The lowest BCUT2D eigenvalue weighted by Crippen LogP contribution is -2.05. The van der Waals surface area contributed by atoms with Crippen LogP contribution in [0.1, 0.15) is 0 Å². The molecule has 4 nitrogen and oxygen atoms in total. The lowest BCUT2D eigenvalue weighted by molar-refractivity contribution is 0.664. The van der Waals surface area contributed by atoms with E-state index in [1.165, 1.54) is 0 Å². The minimum atomic E-state index is 0.561. The molecule has 1 aromatic heterocycles. The molecule has 3 N–H and O–H groups in total. The van der Waals surface area contributed by atoms with Crippen LogP contribution in [0.5, 0.6) is 0 Å². The van der Waals surface area contributed by atoms with Crippen molar-refractivity contribution in [1.82, 2.24) is 9.78 Å². The van der Waals surface area contributed by atoms with E-state index in [4.69, 9.17) is 17.4 Å². The Morgan fingerprint density at radius 1 is 1.80 bits per heavy atom. The molecule has 0 fully saturated rings. The maximum Gasteiger partial charge on any atom is 0.0868 e. The predicted octanol–water partition coefficient (Wildman–Crippen LogP) is 0.408. The molecular weight excluding hydrogens is 152 g/mol. The van der Waals surface area contributed by atoms with Gasteiger partial charge in [0.2, 0.25) is 0 Å². The number of hydrogen-bond donors (Lipinski definition) is 2. The summed E-state index contributed by atoms with van der Waals surface area (Å²) in [5.41, 5.74) is 3.28. The molecule has 0 amide bonds. The van der Waals surface area contributed by atoms with Gasteiger partial charge in [0.25, 0.3) is 0 Å². The van der Waals surface area contributed by atoms with Crippen molar-refractivity contribution in [3.8, 4) is 0 Å². The standard InChI is InChI=1S/C5H9ClN4/c6-1-2-10-4-5(9-7)3-8-10/h3-4,9H,1-2,7H2. The van der Waals surface area contributed by atoms with Gasteiger partial charge in [0.15, 0.2) is 0 Å². The molecule has 0 aliphatic carbocycles. The maximum absolute atomic E-state index is 5.48. The zero-order chi connectivity index (χ0) is 7.40. The Kier molecular flexibility index (Phi) is 2.53. The molecule has 56 valence electrons. The van der Waals surface area contributed by atoms with Crippen LogP contribution in [0.3, 0.4) is 0 Å². The summed E-state index contributed by atoms with van der Waals surface area (Å²) < 4.78 is 1.72. The molecule has 0 aliphatic rings. The highest BCUT2D eigenvalue weighted by Crippen LogP contribution is 2.01. The van der Waals surface area contributed by atoms with Crippen LogP contribution in [-0.2, 0) is 6.54 Å². The number of anilines is 1. The number of nitrogens with two attached hydrogens (primary N) is 1. The van der Waals surface area contributed by atoms with Crippen molar-refractivity contribution in [1.29, 1.82) is 0 Å². The van der Waals surface area contributed by atoms with E-state index in [2.05, 4.69) is 10.5 Å². The number of halogens is 1. The zero-order valence-corrected chi connectivity index (χ0v) is 6.17. The first-order valence-corrected chi connectivity index (χ1v) is 3.45. The van der Waals surface area contributed by atoms with Gasteiger partial charge in [0.1, 0.15) is 0 Å². The van der Waals surface area contributed by atoms with Crippen molar-refractivity contribution in [2.24, 2.45) is 5.84 Å². The van der Waals surface area contributed by atoms with Gasteiger partial charge in [-0.3, -0.25) is 10.5 Å². The molecule has 1 aromatic rings. The van der Waals surface area contributed by atoms with Crippen LogP contribution in [0.4, 0.5) is 5.69 Å². The number of alkyl halides is 1. The molecule has 5 heteroatoms. The van der Waals surface area contributed by atoms with Crippen molar-refractivity contribution in [3.63, 3.8) is 0 Å². The summed E-state index contributed by atoms with van der Waals surface area (Å²) in [4.78, 5) is 0. The van der Waals surface area contributed by atoms with Gasteiger partial charge in [-0.15, -0.1) is 11.6 Å². The van der Waals surface area contributed by atoms with Crippen LogP contribution in [0.15, 0.2) is 12.4 Å². The largest absolute Gasteiger partial charge is 0.321 e. The fourth-order valence-corrected chi connectivity index (χ4v) is 0.820. The third-order valence-corrected chi connectivity index (χ3v) is 1.28. The van der Waals surface area contributed by atoms with Crippen molar-refractivity contribution in [2.45, 2.75) is 6.54 Å². The Bertz CT molecular complexity index is 197. The number of hydrogen-bond acceptors (Lipinski definition) is 3. The molecule has 0 spiro atoms. The number of nitrogens with one attached hydrogen (secondary N) is 1. The second-order valence-corrected chi connectivity index (χ2v) is 2.20. The van der Waals surface area contributed by atoms with Crippen molar-refractivity contribution in [2.75, 3.05) is 11.3 Å². The lowest BCUT2D eigenvalue weighted by Gasteiger charge is -1.93. The quantitative estimate of drug-likeness (QED) is 0.383. The van der Waals surface area contributed by atoms with E-state index in [9.17, 15) is 0 Å². The summed E-state index contributed by atoms with van der Waals surface area (Å²) in [6.45, 7) is 0.712. The number of aryl methyl sites for hydroxylation is 1. The van der Waals surface area contributed by atoms with Crippen LogP contribution >= 0.6 is 11.6 Å². The highest BCUT2D eigenvalue weighted by Gasteiger charge is 1.93. The SMILES string of the molecule is NNc1cnn(CCCl)c1. The summed E-state index contributed by atoms with van der Waals surface area (Å²) in [5, 5.41) is 3.97. The molecule has 1 rings (SSSR count). The van der Waals surface area contributed by atoms with E-state index < -0.39 is 0 Å². The molecule has 1 heterocycles. The third kappa shape index (κ3) is 1.62. The number of hydrazine groups is 1. The summed E-state index contributed by atoms with van der Waals surface area (Å²) in [5.74, 6) is 5.68. The predicted molar refractivity (Wildman–Crippen MR) is 40.8 cm³/mol. The molecule has 0 saturated carbocycles. The smallest absolute Gasteiger partial charge is 0.0868 e. The molecule has 0 saturated heterocycles. The first kappa shape index (κ1) is 7.37. The number of aromatic nitrogens is 2. The van der Waals surface area contributed by atoms with Gasteiger partial charge in [0.05, 0.1) is 18.4 Å². The fourth-order valence-electron chi connectivity index (χ4n) is 0.647. The monoisotopic (exact) mass is 160 g/mol. The Morgan fingerprint density at radius 2 is 2.60 bits per heavy atom. The van der Waals surface area contributed by atoms with Gasteiger partial charge >= 0.3 is 0 Å². The zero-order valence-electron chi connectivity index (χ0n) is 5.42. The van der Waals surface area contributed by atoms with Crippen molar-refractivity contribution >= 4 is 17.3 Å². The topological polar surface area (TPSA) is 55.9 Å². The minimum Gasteiger partial charge on any atom is -0.321 e. The lowest BCUT2D eigenvalue weighted by atomic mass is 10.6. The highest BCUT2D eigenvalue weighted by atomic mass is 35.5. The second-order valence-electron chi connectivity index (χ2n) is 1.83. The Morgan fingerprint density at radius 3 is 3.10 bits per heavy atom. The maximum atomic E-state index is 5.48. The molecular formula is C5H9ClN4. The van der Waals surface area contributed by atoms with E-state index in [1.807, 2.05) is 0 Å². The van der Waals surface area contributed by atoms with Crippen molar-refractivity contribution in [3.05, 3.63) is 12.4 Å². The average molecular weight is 161 g/mol. The second kappa shape index (κ2) is 3.43. The summed E-state index contributed by atoms with van der Waals surface area (Å²) in [6, 6.07) is 0. The van der Waals surface area contributed by atoms with Gasteiger partial charge in [-0.05, 0) is 0 Å². The van der Waals surface area contributed by atoms with Crippen LogP contribution < -0.4 is 11.3 Å². The highest BCUT2D eigenvalue weighted by molar-refractivity contribution is 6.17. The van der Waals surface area contributed by atoms with Crippen molar-refractivity contribution < 1.29 is 0 Å². The van der Waals surface area contributed by atoms with E-state index in [1.54, 1.807) is 17.1 Å². The Labute approximate surface area is 63.9 Å². The number of nitrogens with zero attached hydrogens (tertiary/aromatic N) is 2. The first-order valence-electron chi connectivity index (χ1n) is 2.92. The third-order valence-electron chi connectivity index (χ3n) is 1.11. The van der Waals surface area contributed by atoms with Crippen LogP contribution in [0.2, 0.25) is 0 Å². The van der Waals surface area contributed by atoms with E-state index in [-0.39, 0.29) is 0 Å². The van der Waals surface area contributed by atoms with Gasteiger partial charge in [0, 0.05) is 12.1 Å². The normalized spacial score (nSPS) is 9.80. The molecule has 0 atom stereocenters. The molecule has 0 aliphatic heterocycles. The summed E-state index contributed by atoms with van der Waals surface area (Å²) in [6.07, 6.45) is 3.44. The van der Waals surface area contributed by atoms with Gasteiger partial charge in [-0.25, -0.2) is 0 Å². The van der Waals surface area contributed by atoms with Gasteiger partial charge in [-0.1, -0.05) is 0 Å². The number of rotatable bonds is 3.